The van der Waals surface area contributed by atoms with Gasteiger partial charge in [0, 0.05) is 101 Å². The van der Waals surface area contributed by atoms with E-state index < -0.39 is 0 Å². The van der Waals surface area contributed by atoms with Gasteiger partial charge in [-0.2, -0.15) is 0 Å². The zero-order chi connectivity index (χ0) is 87.8. The zero-order valence-electron chi connectivity index (χ0n) is 69.4. The molecule has 0 aliphatic rings. The van der Waals surface area contributed by atoms with Crippen LogP contribution in [0.4, 0.5) is 0 Å². The van der Waals surface area contributed by atoms with Crippen LogP contribution in [-0.4, -0.2) is 18.3 Å². The molecule has 21 aromatic carbocycles. The van der Waals surface area contributed by atoms with Crippen LogP contribution in [0.25, 0.3) is 209 Å². The first-order valence-electron chi connectivity index (χ1n) is 42.7. The second-order valence-electron chi connectivity index (χ2n) is 32.6. The highest BCUT2D eigenvalue weighted by atomic mass is 79.9. The van der Waals surface area contributed by atoms with Crippen molar-refractivity contribution < 1.29 is 0 Å². The fraction of sp³-hybridized carbons (Fsp3) is 0. The highest BCUT2D eigenvalue weighted by molar-refractivity contribution is 9.12. The molecule has 25 aromatic rings. The summed E-state index contributed by atoms with van der Waals surface area (Å²) in [6.45, 7) is 0. The van der Waals surface area contributed by atoms with Crippen LogP contribution in [0.5, 0.6) is 0 Å². The number of para-hydroxylation sites is 4. The summed E-state index contributed by atoms with van der Waals surface area (Å²) >= 11 is 29.1. The molecule has 0 amide bonds. The minimum atomic E-state index is 1.06. The molecule has 0 N–H and O–H groups in total. The Bertz CT molecular complexity index is 8710. The van der Waals surface area contributed by atoms with Gasteiger partial charge < -0.3 is 18.3 Å². The fourth-order valence-electron chi connectivity index (χ4n) is 18.9. The van der Waals surface area contributed by atoms with Gasteiger partial charge in [-0.05, 0) is 263 Å². The highest BCUT2D eigenvalue weighted by Gasteiger charge is 2.21. The maximum absolute atomic E-state index is 3.64. The lowest BCUT2D eigenvalue weighted by atomic mass is 10.0. The largest absolute Gasteiger partial charge is 0.309 e. The molecule has 0 fully saturated rings. The van der Waals surface area contributed by atoms with E-state index in [0.717, 1.165) is 35.8 Å². The summed E-state index contributed by atoms with van der Waals surface area (Å²) in [5.41, 5.74) is 26.4. The zero-order valence-corrected chi connectivity index (χ0v) is 82.1. The van der Waals surface area contributed by atoms with Crippen molar-refractivity contribution in [1.82, 2.24) is 18.3 Å². The second kappa shape index (κ2) is 35.5. The van der Waals surface area contributed by atoms with Crippen molar-refractivity contribution in [3.63, 3.8) is 0 Å². The first-order valence-corrected chi connectivity index (χ1v) is 49.1. The summed E-state index contributed by atoms with van der Waals surface area (Å²) in [5, 5.41) is 20.2. The first kappa shape index (κ1) is 83.3. The number of fused-ring (bicyclic) bond motifs is 17. The number of halogens is 8. The Hall–Kier alpha value is -12.3. The summed E-state index contributed by atoms with van der Waals surface area (Å²) in [5.74, 6) is 0. The predicted molar refractivity (Wildman–Crippen MR) is 582 cm³/mol. The van der Waals surface area contributed by atoms with Gasteiger partial charge in [0.15, 0.2) is 0 Å². The van der Waals surface area contributed by atoms with Gasteiger partial charge in [-0.15, -0.1) is 0 Å². The van der Waals surface area contributed by atoms with E-state index in [1.54, 1.807) is 0 Å². The summed E-state index contributed by atoms with van der Waals surface area (Å²) in [7, 11) is 0. The SMILES string of the molecule is Brc1cc(Br)cc(-c2ccc3c(c2)c2ccccc2n3-c2ccc(-c3ccccc3)cc2)c1.Brc1cc(Br)cc(-c2ccc3c4ccccc4n(-c4ccc5c(ccc6ccccc65)c4)c3c2)c1.Brc1cc(Br)cc(-c2ccc3c4ccccc4n(-c4ccc5ccccc5c4)c3c2)c1.Brc1cc(Br)cc(-c2ccc3c4ccccc4n(-c4cccc5ccccc45)c3c2)c1. The molecule has 0 saturated carbocycles. The molecule has 0 aliphatic heterocycles. The molecule has 0 bridgehead atoms. The molecule has 0 radical (unpaired) electrons. The van der Waals surface area contributed by atoms with Gasteiger partial charge in [0.05, 0.1) is 49.8 Å². The average molecular weight is 2190 g/mol. The van der Waals surface area contributed by atoms with Crippen LogP contribution in [0, 0.1) is 0 Å². The van der Waals surface area contributed by atoms with Crippen LogP contribution in [0.1, 0.15) is 0 Å². The standard InChI is InChI=1S/C32H19Br2N.C30H19Br2N.2C28H17Br2N/c33-24-15-23(16-25(34)19-24)21-11-13-30-29-7-3-4-8-31(29)35(32(30)18-21)26-12-14-28-22(17-26)10-9-20-5-1-2-6-27(20)28;31-24-16-23(17-25(32)19-24)22-12-15-30-28(18-22)27-8-4-5-9-29(27)33(30)26-13-10-21(11-14-26)20-6-2-1-3-7-20;29-21-14-20(15-22(30)17-21)19-12-13-25-24-9-3-4-10-27(24)31(28(25)16-19)26-11-5-7-18-6-1-2-8-23(18)26;29-22-13-21(14-23(30)17-22)20-10-12-26-25-7-3-4-8-27(25)31(28(26)16-20)24-11-9-18-5-1-2-6-19(18)15-24/h1-19H;1-19H;2*1-17H. The Morgan fingerprint density at radius 1 is 0.123 bits per heavy atom. The van der Waals surface area contributed by atoms with Crippen molar-refractivity contribution in [2.24, 2.45) is 0 Å². The normalized spacial score (nSPS) is 11.5. The van der Waals surface area contributed by atoms with Gasteiger partial charge in [0.1, 0.15) is 0 Å². The lowest BCUT2D eigenvalue weighted by molar-refractivity contribution is 1.18. The molecule has 0 aliphatic carbocycles. The number of nitrogens with zero attached hydrogens (tertiary/aromatic N) is 4. The molecule has 620 valence electrons. The van der Waals surface area contributed by atoms with Gasteiger partial charge in [0.25, 0.3) is 0 Å². The number of hydrogen-bond donors (Lipinski definition) is 0. The predicted octanol–water partition coefficient (Wildman–Crippen LogP) is 38.2. The fourth-order valence-corrected chi connectivity index (χ4v) is 24.0. The molecule has 12 heteroatoms. The summed E-state index contributed by atoms with van der Waals surface area (Å²) in [6, 6.07) is 157. The van der Waals surface area contributed by atoms with Crippen molar-refractivity contribution in [3.05, 3.63) is 473 Å². The van der Waals surface area contributed by atoms with Crippen molar-refractivity contribution in [2.75, 3.05) is 0 Å². The van der Waals surface area contributed by atoms with Crippen LogP contribution in [-0.2, 0) is 0 Å². The minimum absolute atomic E-state index is 1.06. The molecular weight excluding hydrogens is 2110 g/mol. The Balaban J connectivity index is 0.000000102. The van der Waals surface area contributed by atoms with E-state index in [1.807, 2.05) is 0 Å². The molecule has 0 spiro atoms. The van der Waals surface area contributed by atoms with E-state index in [1.165, 1.54) is 209 Å². The Kier molecular flexibility index (Phi) is 22.8. The minimum Gasteiger partial charge on any atom is -0.309 e. The third-order valence-corrected chi connectivity index (χ3v) is 28.4. The maximum atomic E-state index is 3.64. The quantitative estimate of drug-likeness (QED) is 0.128. The van der Waals surface area contributed by atoms with E-state index >= 15 is 0 Å². The van der Waals surface area contributed by atoms with Gasteiger partial charge in [-0.25, -0.2) is 0 Å². The number of hydrogen-bond acceptors (Lipinski definition) is 0. The lowest BCUT2D eigenvalue weighted by Crippen LogP contribution is -1.95. The van der Waals surface area contributed by atoms with Crippen molar-refractivity contribution >= 4 is 258 Å². The van der Waals surface area contributed by atoms with Gasteiger partial charge >= 0.3 is 0 Å². The lowest BCUT2D eigenvalue weighted by Gasteiger charge is -2.12. The molecule has 25 rings (SSSR count). The van der Waals surface area contributed by atoms with Gasteiger partial charge in [-0.3, -0.25) is 0 Å². The number of aromatic nitrogens is 4. The topological polar surface area (TPSA) is 19.7 Å². The van der Waals surface area contributed by atoms with Crippen molar-refractivity contribution in [2.45, 2.75) is 0 Å². The molecule has 0 unspecified atom stereocenters. The third kappa shape index (κ3) is 16.1. The molecular formula is C118H72Br8N4. The highest BCUT2D eigenvalue weighted by Crippen LogP contribution is 2.45. The van der Waals surface area contributed by atoms with E-state index in [4.69, 9.17) is 0 Å². The van der Waals surface area contributed by atoms with E-state index in [-0.39, 0.29) is 0 Å². The van der Waals surface area contributed by atoms with Crippen LogP contribution in [0.2, 0.25) is 0 Å². The monoisotopic (exact) mass is 2180 g/mol. The van der Waals surface area contributed by atoms with E-state index in [9.17, 15) is 0 Å². The van der Waals surface area contributed by atoms with Crippen LogP contribution >= 0.6 is 127 Å². The summed E-state index contributed by atoms with van der Waals surface area (Å²) in [6.07, 6.45) is 0. The first-order chi connectivity index (χ1) is 63.7. The molecule has 4 nitrogen and oxygen atoms in total. The van der Waals surface area contributed by atoms with Crippen molar-refractivity contribution in [1.29, 1.82) is 0 Å². The van der Waals surface area contributed by atoms with Crippen LogP contribution < -0.4 is 0 Å². The van der Waals surface area contributed by atoms with Gasteiger partial charge in [0.2, 0.25) is 0 Å². The average Bonchev–Trinajstić information content (AvgIpc) is 1.59. The maximum Gasteiger partial charge on any atom is 0.0547 e. The summed E-state index contributed by atoms with van der Waals surface area (Å²) in [4.78, 5) is 0. The Morgan fingerprint density at radius 3 is 0.892 bits per heavy atom. The molecule has 130 heavy (non-hydrogen) atoms. The smallest absolute Gasteiger partial charge is 0.0547 e. The van der Waals surface area contributed by atoms with Gasteiger partial charge in [-0.1, -0.05) is 394 Å². The number of benzene rings is 21. The van der Waals surface area contributed by atoms with Crippen LogP contribution in [0.15, 0.2) is 473 Å². The Labute approximate surface area is 818 Å². The molecule has 4 heterocycles. The van der Waals surface area contributed by atoms with E-state index in [0.29, 0.717) is 0 Å². The van der Waals surface area contributed by atoms with Crippen LogP contribution in [0.3, 0.4) is 0 Å². The van der Waals surface area contributed by atoms with E-state index in [2.05, 4.69) is 582 Å². The number of rotatable bonds is 9. The molecule has 0 atom stereocenters. The third-order valence-electron chi connectivity index (χ3n) is 24.7. The Morgan fingerprint density at radius 2 is 0.408 bits per heavy atom. The molecule has 0 saturated heterocycles. The second-order valence-corrected chi connectivity index (χ2v) is 39.9. The van der Waals surface area contributed by atoms with Crippen molar-refractivity contribution in [3.8, 4) is 78.4 Å². The summed E-state index contributed by atoms with van der Waals surface area (Å²) < 4.78 is 18.0. The molecule has 4 aromatic heterocycles.